The molecular formula is C25H39N7O5. The third kappa shape index (κ3) is 7.62. The van der Waals surface area contributed by atoms with Gasteiger partial charge in [0.1, 0.15) is 19.2 Å². The van der Waals surface area contributed by atoms with Crippen molar-refractivity contribution >= 4 is 23.6 Å². The van der Waals surface area contributed by atoms with E-state index in [2.05, 4.69) is 22.4 Å². The van der Waals surface area contributed by atoms with E-state index < -0.39 is 23.6 Å². The SMILES string of the molecule is CC(OC[C@@H](NC(=O)C(C)(C)N)c1nnc2cccc(COC(=O)N(C)CC(N)=O)n12)C1CCCCC1. The van der Waals surface area contributed by atoms with E-state index in [1.54, 1.807) is 36.4 Å². The number of likely N-dealkylation sites (N-methyl/N-ethyl adjacent to an activating group) is 1. The molecule has 0 bridgehead atoms. The molecule has 2 aromatic rings. The predicted molar refractivity (Wildman–Crippen MR) is 136 cm³/mol. The molecule has 37 heavy (non-hydrogen) atoms. The molecule has 12 nitrogen and oxygen atoms in total. The lowest BCUT2D eigenvalue weighted by atomic mass is 9.86. The number of hydrogen-bond donors (Lipinski definition) is 3. The standard InChI is InChI=1S/C25H39N7O5/c1-16(17-9-6-5-7-10-17)36-15-19(28-23(34)25(2,3)27)22-30-29-21-12-8-11-18(32(21)22)14-37-24(35)31(4)13-20(26)33/h8,11-12,16-17,19H,5-7,9-10,13-15,27H2,1-4H3,(H2,26,33)(H,28,34)/t16?,19-/m1/s1. The van der Waals surface area contributed by atoms with Crippen LogP contribution in [0.4, 0.5) is 4.79 Å². The molecule has 1 aliphatic rings. The van der Waals surface area contributed by atoms with Crippen LogP contribution in [0.25, 0.3) is 5.65 Å². The summed E-state index contributed by atoms with van der Waals surface area (Å²) in [4.78, 5) is 37.3. The first kappa shape index (κ1) is 28.3. The minimum Gasteiger partial charge on any atom is -0.443 e. The molecule has 0 saturated heterocycles. The van der Waals surface area contributed by atoms with Gasteiger partial charge >= 0.3 is 6.09 Å². The van der Waals surface area contributed by atoms with Gasteiger partial charge in [0, 0.05) is 7.05 Å². The Hall–Kier alpha value is -3.25. The van der Waals surface area contributed by atoms with Gasteiger partial charge in [0.25, 0.3) is 0 Å². The summed E-state index contributed by atoms with van der Waals surface area (Å²) in [5.74, 6) is -0.106. The molecule has 1 fully saturated rings. The van der Waals surface area contributed by atoms with Crippen molar-refractivity contribution in [3.8, 4) is 0 Å². The number of fused-ring (bicyclic) bond motifs is 1. The molecule has 0 spiro atoms. The maximum Gasteiger partial charge on any atom is 0.410 e. The number of ether oxygens (including phenoxy) is 2. The van der Waals surface area contributed by atoms with Gasteiger partial charge in [-0.3, -0.25) is 14.0 Å². The van der Waals surface area contributed by atoms with Crippen molar-refractivity contribution in [1.29, 1.82) is 0 Å². The predicted octanol–water partition coefficient (Wildman–Crippen LogP) is 1.66. The number of hydrogen-bond acceptors (Lipinski definition) is 8. The van der Waals surface area contributed by atoms with Gasteiger partial charge in [-0.15, -0.1) is 10.2 Å². The molecule has 1 unspecified atom stereocenters. The van der Waals surface area contributed by atoms with Gasteiger partial charge in [-0.05, 0) is 51.7 Å². The van der Waals surface area contributed by atoms with Crippen molar-refractivity contribution in [2.24, 2.45) is 17.4 Å². The number of nitrogens with two attached hydrogens (primary N) is 2. The average Bonchev–Trinajstić information content (AvgIpc) is 3.29. The molecule has 0 radical (unpaired) electrons. The Bertz CT molecular complexity index is 1090. The molecule has 5 N–H and O–H groups in total. The van der Waals surface area contributed by atoms with E-state index in [1.807, 2.05) is 0 Å². The van der Waals surface area contributed by atoms with Crippen LogP contribution >= 0.6 is 0 Å². The Morgan fingerprint density at radius 3 is 2.57 bits per heavy atom. The first-order chi connectivity index (χ1) is 17.5. The zero-order chi connectivity index (χ0) is 27.2. The van der Waals surface area contributed by atoms with Crippen LogP contribution < -0.4 is 16.8 Å². The van der Waals surface area contributed by atoms with Crippen LogP contribution in [-0.4, -0.2) is 69.2 Å². The molecule has 3 rings (SSSR count). The second kappa shape index (κ2) is 12.3. The zero-order valence-electron chi connectivity index (χ0n) is 22.1. The highest BCUT2D eigenvalue weighted by atomic mass is 16.6. The molecule has 3 amide bonds. The van der Waals surface area contributed by atoms with Crippen molar-refractivity contribution < 1.29 is 23.9 Å². The number of amides is 3. The maximum absolute atomic E-state index is 12.9. The zero-order valence-corrected chi connectivity index (χ0v) is 22.1. The van der Waals surface area contributed by atoms with E-state index in [1.165, 1.54) is 26.3 Å². The fraction of sp³-hybridized carbons (Fsp3) is 0.640. The van der Waals surface area contributed by atoms with Gasteiger partial charge in [-0.25, -0.2) is 4.79 Å². The van der Waals surface area contributed by atoms with Gasteiger partial charge < -0.3 is 31.2 Å². The summed E-state index contributed by atoms with van der Waals surface area (Å²) in [7, 11) is 1.42. The lowest BCUT2D eigenvalue weighted by molar-refractivity contribution is -0.127. The largest absolute Gasteiger partial charge is 0.443 e. The number of aromatic nitrogens is 3. The highest BCUT2D eigenvalue weighted by Crippen LogP contribution is 2.28. The van der Waals surface area contributed by atoms with Crippen LogP contribution in [0.5, 0.6) is 0 Å². The van der Waals surface area contributed by atoms with E-state index in [4.69, 9.17) is 20.9 Å². The second-order valence-corrected chi connectivity index (χ2v) is 10.3. The number of rotatable bonds is 11. The van der Waals surface area contributed by atoms with Crippen LogP contribution in [0, 0.1) is 5.92 Å². The Labute approximate surface area is 217 Å². The van der Waals surface area contributed by atoms with E-state index in [-0.39, 0.29) is 31.8 Å². The summed E-state index contributed by atoms with van der Waals surface area (Å²) in [6.07, 6.45) is 5.22. The average molecular weight is 518 g/mol. The third-order valence-corrected chi connectivity index (χ3v) is 6.62. The fourth-order valence-corrected chi connectivity index (χ4v) is 4.43. The Morgan fingerprint density at radius 1 is 1.22 bits per heavy atom. The summed E-state index contributed by atoms with van der Waals surface area (Å²) in [5.41, 5.74) is 11.2. The number of nitrogens with zero attached hydrogens (tertiary/aromatic N) is 4. The smallest absolute Gasteiger partial charge is 0.410 e. The molecule has 1 aliphatic carbocycles. The molecule has 0 aliphatic heterocycles. The summed E-state index contributed by atoms with van der Waals surface area (Å²) in [6, 6.07) is 4.64. The van der Waals surface area contributed by atoms with Crippen molar-refractivity contribution in [2.45, 2.75) is 77.2 Å². The number of primary amides is 1. The van der Waals surface area contributed by atoms with Crippen LogP contribution in [0.3, 0.4) is 0 Å². The van der Waals surface area contributed by atoms with E-state index in [0.717, 1.165) is 17.7 Å². The summed E-state index contributed by atoms with van der Waals surface area (Å²) in [5, 5.41) is 11.6. The topological polar surface area (TPSA) is 167 Å². The number of carbonyl (C=O) groups is 3. The van der Waals surface area contributed by atoms with Crippen molar-refractivity contribution in [1.82, 2.24) is 24.8 Å². The molecule has 0 aromatic carbocycles. The van der Waals surface area contributed by atoms with Crippen LogP contribution in [0.2, 0.25) is 0 Å². The van der Waals surface area contributed by atoms with Crippen molar-refractivity contribution in [3.63, 3.8) is 0 Å². The highest BCUT2D eigenvalue weighted by Gasteiger charge is 2.30. The monoisotopic (exact) mass is 517 g/mol. The minimum absolute atomic E-state index is 0.0194. The normalized spacial score (nSPS) is 16.2. The second-order valence-electron chi connectivity index (χ2n) is 10.3. The molecule has 204 valence electrons. The van der Waals surface area contributed by atoms with Gasteiger partial charge in [0.15, 0.2) is 11.5 Å². The number of pyridine rings is 1. The first-order valence-corrected chi connectivity index (χ1v) is 12.7. The molecule has 2 aromatic heterocycles. The van der Waals surface area contributed by atoms with E-state index >= 15 is 0 Å². The number of nitrogens with one attached hydrogen (secondary N) is 1. The molecule has 2 heterocycles. The lowest BCUT2D eigenvalue weighted by Gasteiger charge is -2.30. The summed E-state index contributed by atoms with van der Waals surface area (Å²) >= 11 is 0. The minimum atomic E-state index is -1.11. The molecule has 1 saturated carbocycles. The Kier molecular flexibility index (Phi) is 9.44. The maximum atomic E-state index is 12.9. The highest BCUT2D eigenvalue weighted by molar-refractivity contribution is 5.85. The van der Waals surface area contributed by atoms with E-state index in [0.29, 0.717) is 23.1 Å². The lowest BCUT2D eigenvalue weighted by Crippen LogP contribution is -2.51. The van der Waals surface area contributed by atoms with Crippen LogP contribution in [0.1, 0.15) is 70.4 Å². The van der Waals surface area contributed by atoms with Crippen molar-refractivity contribution in [2.75, 3.05) is 20.2 Å². The summed E-state index contributed by atoms with van der Waals surface area (Å²) < 4.78 is 13.4. The Balaban J connectivity index is 1.84. The molecule has 12 heteroatoms. The number of carbonyl (C=O) groups excluding carboxylic acids is 3. The van der Waals surface area contributed by atoms with Gasteiger partial charge in [0.05, 0.1) is 23.9 Å². The first-order valence-electron chi connectivity index (χ1n) is 12.7. The molecule has 2 atom stereocenters. The van der Waals surface area contributed by atoms with E-state index in [9.17, 15) is 14.4 Å². The van der Waals surface area contributed by atoms with Gasteiger partial charge in [-0.1, -0.05) is 25.3 Å². The summed E-state index contributed by atoms with van der Waals surface area (Å²) in [6.45, 7) is 5.11. The van der Waals surface area contributed by atoms with Gasteiger partial charge in [-0.2, -0.15) is 0 Å². The van der Waals surface area contributed by atoms with Crippen LogP contribution in [0.15, 0.2) is 18.2 Å². The third-order valence-electron chi connectivity index (χ3n) is 6.62. The molecular weight excluding hydrogens is 478 g/mol. The quantitative estimate of drug-likeness (QED) is 0.404. The Morgan fingerprint density at radius 2 is 1.92 bits per heavy atom. The van der Waals surface area contributed by atoms with Crippen molar-refractivity contribution in [3.05, 3.63) is 29.7 Å². The van der Waals surface area contributed by atoms with Crippen LogP contribution in [-0.2, 0) is 25.7 Å². The van der Waals surface area contributed by atoms with Gasteiger partial charge in [0.2, 0.25) is 11.8 Å². The fourth-order valence-electron chi connectivity index (χ4n) is 4.43.